The molecular formula is C25H22N4O4S3. The van der Waals surface area contributed by atoms with Crippen LogP contribution in [0.15, 0.2) is 88.1 Å². The number of amides is 1. The molecule has 4 aromatic rings. The molecule has 3 aromatic carbocycles. The molecule has 8 nitrogen and oxygen atoms in total. The molecule has 0 radical (unpaired) electrons. The summed E-state index contributed by atoms with van der Waals surface area (Å²) in [5.41, 5.74) is 2.44. The Morgan fingerprint density at radius 3 is 2.56 bits per heavy atom. The van der Waals surface area contributed by atoms with Crippen LogP contribution in [0.4, 0.5) is 10.8 Å². The maximum atomic E-state index is 13.5. The monoisotopic (exact) mass is 538 g/mol. The van der Waals surface area contributed by atoms with Crippen LogP contribution in [-0.4, -0.2) is 37.2 Å². The van der Waals surface area contributed by atoms with E-state index in [0.717, 1.165) is 16.9 Å². The summed E-state index contributed by atoms with van der Waals surface area (Å²) in [7, 11) is -3.91. The zero-order chi connectivity index (χ0) is 25.1. The molecule has 0 aliphatic carbocycles. The van der Waals surface area contributed by atoms with Crippen molar-refractivity contribution in [3.63, 3.8) is 0 Å². The van der Waals surface area contributed by atoms with E-state index in [4.69, 9.17) is 4.74 Å². The topological polar surface area (TPSA) is 101 Å². The Morgan fingerprint density at radius 2 is 1.81 bits per heavy atom. The van der Waals surface area contributed by atoms with Crippen LogP contribution in [0.3, 0.4) is 0 Å². The second kappa shape index (κ2) is 10.3. The Bertz CT molecular complexity index is 1480. The van der Waals surface area contributed by atoms with Crippen LogP contribution in [0.5, 0.6) is 5.75 Å². The Balaban J connectivity index is 1.34. The third-order valence-electron chi connectivity index (χ3n) is 5.45. The van der Waals surface area contributed by atoms with Gasteiger partial charge in [0.25, 0.3) is 15.9 Å². The first-order valence-electron chi connectivity index (χ1n) is 11.1. The van der Waals surface area contributed by atoms with Crippen molar-refractivity contribution in [1.82, 2.24) is 10.2 Å². The number of nitrogens with zero attached hydrogens (tertiary/aromatic N) is 3. The summed E-state index contributed by atoms with van der Waals surface area (Å²) >= 11 is 2.78. The van der Waals surface area contributed by atoms with Gasteiger partial charge in [0.1, 0.15) is 5.75 Å². The minimum atomic E-state index is -3.91. The molecule has 0 saturated carbocycles. The van der Waals surface area contributed by atoms with Crippen molar-refractivity contribution in [3.8, 4) is 5.75 Å². The number of aryl methyl sites for hydroxylation is 1. The zero-order valence-corrected chi connectivity index (χ0v) is 21.6. The van der Waals surface area contributed by atoms with Gasteiger partial charge in [-0.1, -0.05) is 77.7 Å². The maximum absolute atomic E-state index is 13.5. The molecule has 5 rings (SSSR count). The fourth-order valence-electron chi connectivity index (χ4n) is 3.67. The number of hydrogen-bond donors (Lipinski definition) is 1. The number of thioether (sulfide) groups is 1. The van der Waals surface area contributed by atoms with Crippen molar-refractivity contribution >= 4 is 49.8 Å². The average Bonchev–Trinajstić information content (AvgIpc) is 3.34. The van der Waals surface area contributed by atoms with Crippen LogP contribution in [0.1, 0.15) is 11.1 Å². The summed E-state index contributed by atoms with van der Waals surface area (Å²) in [4.78, 5) is 13.3. The first-order chi connectivity index (χ1) is 17.4. The van der Waals surface area contributed by atoms with Crippen LogP contribution in [0, 0.1) is 6.92 Å². The molecule has 1 amide bonds. The van der Waals surface area contributed by atoms with E-state index in [-0.39, 0.29) is 11.4 Å². The zero-order valence-electron chi connectivity index (χ0n) is 19.2. The highest BCUT2D eigenvalue weighted by Crippen LogP contribution is 2.38. The molecule has 184 valence electrons. The number of rotatable bonds is 7. The number of hydrogen-bond acceptors (Lipinski definition) is 8. The van der Waals surface area contributed by atoms with Crippen LogP contribution in [0.25, 0.3) is 0 Å². The van der Waals surface area contributed by atoms with E-state index in [9.17, 15) is 13.2 Å². The van der Waals surface area contributed by atoms with Gasteiger partial charge in [-0.2, -0.15) is 0 Å². The first-order valence-corrected chi connectivity index (χ1v) is 14.3. The molecule has 0 fully saturated rings. The van der Waals surface area contributed by atoms with Crippen LogP contribution in [0.2, 0.25) is 0 Å². The van der Waals surface area contributed by atoms with Gasteiger partial charge in [0.2, 0.25) is 5.13 Å². The van der Waals surface area contributed by atoms with E-state index in [1.807, 2.05) is 43.3 Å². The molecule has 0 saturated heterocycles. The molecule has 0 bridgehead atoms. The number of aromatic nitrogens is 2. The lowest BCUT2D eigenvalue weighted by molar-refractivity contribution is -0.122. The number of ether oxygens (including phenoxy) is 1. The van der Waals surface area contributed by atoms with Gasteiger partial charge >= 0.3 is 0 Å². The Labute approximate surface area is 217 Å². The van der Waals surface area contributed by atoms with Crippen LogP contribution in [-0.2, 0) is 20.6 Å². The SMILES string of the molecule is Cc1ccc2c(c1)OC(C(=O)Nc1nnc(SCc3ccccc3)s1)CN2S(=O)(=O)c1ccccc1. The quantitative estimate of drug-likeness (QED) is 0.268. The van der Waals surface area contributed by atoms with E-state index in [2.05, 4.69) is 15.5 Å². The van der Waals surface area contributed by atoms with Gasteiger partial charge in [0.05, 0.1) is 17.1 Å². The molecule has 0 spiro atoms. The van der Waals surface area contributed by atoms with E-state index in [1.165, 1.54) is 39.5 Å². The maximum Gasteiger partial charge on any atom is 0.269 e. The largest absolute Gasteiger partial charge is 0.476 e. The van der Waals surface area contributed by atoms with Crippen LogP contribution < -0.4 is 14.4 Å². The summed E-state index contributed by atoms with van der Waals surface area (Å²) in [6, 6.07) is 23.4. The van der Waals surface area contributed by atoms with Gasteiger partial charge in [0, 0.05) is 5.75 Å². The number of sulfonamides is 1. The third-order valence-corrected chi connectivity index (χ3v) is 9.29. The predicted molar refractivity (Wildman–Crippen MR) is 141 cm³/mol. The second-order valence-corrected chi connectivity index (χ2v) is 12.1. The first kappa shape index (κ1) is 24.3. The number of benzene rings is 3. The van der Waals surface area contributed by atoms with Crippen LogP contribution >= 0.6 is 23.1 Å². The molecule has 1 unspecified atom stereocenters. The molecular weight excluding hydrogens is 517 g/mol. The molecule has 1 atom stereocenters. The number of carbonyl (C=O) groups is 1. The minimum absolute atomic E-state index is 0.141. The Hall–Kier alpha value is -3.41. The van der Waals surface area contributed by atoms with Crippen molar-refractivity contribution in [1.29, 1.82) is 0 Å². The lowest BCUT2D eigenvalue weighted by Crippen LogP contribution is -2.48. The van der Waals surface area contributed by atoms with Gasteiger partial charge in [-0.25, -0.2) is 8.42 Å². The normalized spacial score (nSPS) is 15.1. The summed E-state index contributed by atoms with van der Waals surface area (Å²) < 4.78 is 34.8. The predicted octanol–water partition coefficient (Wildman–Crippen LogP) is 4.73. The molecule has 2 heterocycles. The van der Waals surface area contributed by atoms with Crippen molar-refractivity contribution in [2.45, 2.75) is 28.0 Å². The molecule has 1 N–H and O–H groups in total. The summed E-state index contributed by atoms with van der Waals surface area (Å²) in [6.45, 7) is 1.70. The Morgan fingerprint density at radius 1 is 1.08 bits per heavy atom. The molecule has 11 heteroatoms. The van der Waals surface area contributed by atoms with Crippen molar-refractivity contribution < 1.29 is 17.9 Å². The van der Waals surface area contributed by atoms with Gasteiger partial charge in [-0.3, -0.25) is 14.4 Å². The molecule has 1 aliphatic rings. The third kappa shape index (κ3) is 5.23. The van der Waals surface area contributed by atoms with E-state index in [0.29, 0.717) is 20.9 Å². The molecule has 1 aliphatic heterocycles. The van der Waals surface area contributed by atoms with E-state index >= 15 is 0 Å². The number of nitrogens with one attached hydrogen (secondary N) is 1. The van der Waals surface area contributed by atoms with Gasteiger partial charge in [-0.15, -0.1) is 10.2 Å². The van der Waals surface area contributed by atoms with Crippen molar-refractivity contribution in [2.24, 2.45) is 0 Å². The second-order valence-electron chi connectivity index (χ2n) is 8.06. The molecule has 36 heavy (non-hydrogen) atoms. The van der Waals surface area contributed by atoms with E-state index < -0.39 is 22.0 Å². The van der Waals surface area contributed by atoms with Gasteiger partial charge in [-0.05, 0) is 42.3 Å². The number of anilines is 2. The van der Waals surface area contributed by atoms with Crippen molar-refractivity contribution in [2.75, 3.05) is 16.2 Å². The molecule has 1 aromatic heterocycles. The minimum Gasteiger partial charge on any atom is -0.476 e. The lowest BCUT2D eigenvalue weighted by Gasteiger charge is -2.34. The van der Waals surface area contributed by atoms with Gasteiger partial charge in [0.15, 0.2) is 10.4 Å². The number of fused-ring (bicyclic) bond motifs is 1. The lowest BCUT2D eigenvalue weighted by atomic mass is 10.1. The fraction of sp³-hybridized carbons (Fsp3) is 0.160. The number of carbonyl (C=O) groups excluding carboxylic acids is 1. The standard InChI is InChI=1S/C25H22N4O4S3/c1-17-12-13-20-21(14-17)33-22(15-29(20)36(31,32)19-10-6-3-7-11-19)23(30)26-24-27-28-25(35-24)34-16-18-8-4-2-5-9-18/h2-14,22H,15-16H2,1H3,(H,26,27,30). The summed E-state index contributed by atoms with van der Waals surface area (Å²) in [6.07, 6.45) is -1.07. The Kier molecular flexibility index (Phi) is 6.95. The fourth-order valence-corrected chi connectivity index (χ4v) is 6.88. The smallest absolute Gasteiger partial charge is 0.269 e. The van der Waals surface area contributed by atoms with Crippen molar-refractivity contribution in [3.05, 3.63) is 90.0 Å². The van der Waals surface area contributed by atoms with E-state index in [1.54, 1.807) is 30.3 Å². The highest BCUT2D eigenvalue weighted by atomic mass is 32.2. The highest BCUT2D eigenvalue weighted by Gasteiger charge is 2.38. The highest BCUT2D eigenvalue weighted by molar-refractivity contribution is 8.00. The average molecular weight is 539 g/mol. The van der Waals surface area contributed by atoms with Gasteiger partial charge < -0.3 is 4.74 Å². The summed E-state index contributed by atoms with van der Waals surface area (Å²) in [5.74, 6) is 0.570. The summed E-state index contributed by atoms with van der Waals surface area (Å²) in [5, 5.41) is 11.3.